The van der Waals surface area contributed by atoms with E-state index in [1.54, 1.807) is 5.19 Å². The molecule has 1 heteroatoms. The molecule has 0 bridgehead atoms. The van der Waals surface area contributed by atoms with Gasteiger partial charge in [-0.1, -0.05) is 78.4 Å². The fourth-order valence-electron chi connectivity index (χ4n) is 1.98. The smallest absolute Gasteiger partial charge is 0.0680 e. The van der Waals surface area contributed by atoms with Crippen molar-refractivity contribution in [3.05, 3.63) is 66.2 Å². The van der Waals surface area contributed by atoms with E-state index < -0.39 is 8.80 Å². The highest BCUT2D eigenvalue weighted by molar-refractivity contribution is 6.72. The van der Waals surface area contributed by atoms with E-state index in [0.29, 0.717) is 0 Å². The van der Waals surface area contributed by atoms with Gasteiger partial charge in [-0.3, -0.25) is 0 Å². The van der Waals surface area contributed by atoms with Gasteiger partial charge >= 0.3 is 0 Å². The Balaban J connectivity index is 1.92. The summed E-state index contributed by atoms with van der Waals surface area (Å²) in [6, 6.07) is 23.1. The lowest BCUT2D eigenvalue weighted by atomic mass is 10.2. The Kier molecular flexibility index (Phi) is 3.95. The zero-order valence-electron chi connectivity index (χ0n) is 9.77. The largest absolute Gasteiger partial charge is 0.0681 e. The third kappa shape index (κ3) is 3.07. The van der Waals surface area contributed by atoms with Gasteiger partial charge in [0.05, 0.1) is 8.80 Å². The van der Waals surface area contributed by atoms with E-state index in [1.165, 1.54) is 18.0 Å². The van der Waals surface area contributed by atoms with Gasteiger partial charge in [-0.2, -0.15) is 0 Å². The van der Waals surface area contributed by atoms with Crippen LogP contribution in [0.2, 0.25) is 12.6 Å². The first kappa shape index (κ1) is 11.2. The fraction of sp³-hybridized carbons (Fsp3) is 0.200. The van der Waals surface area contributed by atoms with E-state index in [4.69, 9.17) is 0 Å². The molecular formula is C15H18Si. The molecule has 0 fully saturated rings. The van der Waals surface area contributed by atoms with Crippen LogP contribution >= 0.6 is 0 Å². The Labute approximate surface area is 99.6 Å². The minimum absolute atomic E-state index is 0.730. The maximum atomic E-state index is 2.44. The van der Waals surface area contributed by atoms with Crippen LogP contribution < -0.4 is 5.19 Å². The van der Waals surface area contributed by atoms with Crippen LogP contribution in [0, 0.1) is 0 Å². The van der Waals surface area contributed by atoms with Crippen LogP contribution in [-0.4, -0.2) is 8.80 Å². The molecule has 0 heterocycles. The number of rotatable bonds is 4. The summed E-state index contributed by atoms with van der Waals surface area (Å²) >= 11 is 0. The summed E-state index contributed by atoms with van der Waals surface area (Å²) < 4.78 is 0. The Morgan fingerprint density at radius 3 is 2.00 bits per heavy atom. The first-order valence-electron chi connectivity index (χ1n) is 5.95. The van der Waals surface area contributed by atoms with Gasteiger partial charge in [0.15, 0.2) is 0 Å². The summed E-state index contributed by atoms with van der Waals surface area (Å²) in [5, 5.41) is 1.58. The third-order valence-corrected chi connectivity index (χ3v) is 5.76. The van der Waals surface area contributed by atoms with Crippen molar-refractivity contribution < 1.29 is 0 Å². The van der Waals surface area contributed by atoms with Crippen LogP contribution in [0.4, 0.5) is 0 Å². The predicted molar refractivity (Wildman–Crippen MR) is 74.0 cm³/mol. The molecule has 2 aromatic carbocycles. The Morgan fingerprint density at radius 1 is 0.812 bits per heavy atom. The normalized spacial score (nSPS) is 12.3. The second-order valence-corrected chi connectivity index (χ2v) is 7.38. The average molecular weight is 226 g/mol. The lowest BCUT2D eigenvalue weighted by molar-refractivity contribution is 1.12. The summed E-state index contributed by atoms with van der Waals surface area (Å²) in [4.78, 5) is 0. The topological polar surface area (TPSA) is 0 Å². The highest BCUT2D eigenvalue weighted by Gasteiger charge is 2.06. The Hall–Kier alpha value is -1.34. The van der Waals surface area contributed by atoms with Crippen LogP contribution in [0.1, 0.15) is 5.56 Å². The summed E-state index contributed by atoms with van der Waals surface area (Å²) in [6.07, 6.45) is 1.23. The summed E-state index contributed by atoms with van der Waals surface area (Å²) in [5.41, 5.74) is 1.47. The zero-order valence-corrected chi connectivity index (χ0v) is 10.9. The van der Waals surface area contributed by atoms with E-state index in [0.717, 1.165) is 0 Å². The fourth-order valence-corrected chi connectivity index (χ4v) is 3.96. The quantitative estimate of drug-likeness (QED) is 0.703. The van der Waals surface area contributed by atoms with Crippen LogP contribution in [0.15, 0.2) is 60.7 Å². The maximum absolute atomic E-state index is 2.44. The first-order chi connectivity index (χ1) is 7.86. The highest BCUT2D eigenvalue weighted by Crippen LogP contribution is 2.05. The van der Waals surface area contributed by atoms with E-state index in [-0.39, 0.29) is 0 Å². The van der Waals surface area contributed by atoms with Gasteiger partial charge in [0.1, 0.15) is 0 Å². The van der Waals surface area contributed by atoms with Crippen molar-refractivity contribution in [2.24, 2.45) is 0 Å². The molecule has 1 unspecified atom stereocenters. The van der Waals surface area contributed by atoms with E-state index in [1.807, 2.05) is 0 Å². The number of benzene rings is 2. The van der Waals surface area contributed by atoms with Crippen molar-refractivity contribution in [3.8, 4) is 0 Å². The molecule has 2 aromatic rings. The van der Waals surface area contributed by atoms with Gasteiger partial charge in [0.2, 0.25) is 0 Å². The molecule has 82 valence electrons. The molecule has 0 aliphatic carbocycles. The van der Waals surface area contributed by atoms with Crippen LogP contribution in [0.25, 0.3) is 0 Å². The van der Waals surface area contributed by atoms with Crippen molar-refractivity contribution in [1.82, 2.24) is 0 Å². The second kappa shape index (κ2) is 5.66. The van der Waals surface area contributed by atoms with Gasteiger partial charge in [0, 0.05) is 0 Å². The molecule has 2 rings (SSSR count). The number of hydrogen-bond acceptors (Lipinski definition) is 0. The van der Waals surface area contributed by atoms with E-state index >= 15 is 0 Å². The second-order valence-electron chi connectivity index (χ2n) is 4.34. The molecule has 0 aliphatic heterocycles. The molecule has 0 radical (unpaired) electrons. The molecule has 0 aromatic heterocycles. The third-order valence-electron chi connectivity index (χ3n) is 3.08. The standard InChI is InChI=1S/C15H18Si/c1-16(15-10-6-3-7-11-15)13-12-14-8-4-2-5-9-14/h2-11,16H,12-13H2,1H3. The minimum Gasteiger partial charge on any atom is -0.0680 e. The Morgan fingerprint density at radius 2 is 1.38 bits per heavy atom. The summed E-state index contributed by atoms with van der Waals surface area (Å²) in [5.74, 6) is 0. The van der Waals surface area contributed by atoms with Crippen molar-refractivity contribution in [3.63, 3.8) is 0 Å². The Bertz CT molecular complexity index is 408. The molecule has 0 amide bonds. The summed E-state index contributed by atoms with van der Waals surface area (Å²) in [7, 11) is -0.730. The van der Waals surface area contributed by atoms with Crippen LogP contribution in [-0.2, 0) is 6.42 Å². The lowest BCUT2D eigenvalue weighted by Crippen LogP contribution is -2.26. The van der Waals surface area contributed by atoms with Crippen molar-refractivity contribution >= 4 is 14.0 Å². The molecule has 0 spiro atoms. The molecule has 0 saturated heterocycles. The average Bonchev–Trinajstić information content (AvgIpc) is 2.38. The van der Waals surface area contributed by atoms with Gasteiger partial charge in [0.25, 0.3) is 0 Å². The maximum Gasteiger partial charge on any atom is 0.0681 e. The van der Waals surface area contributed by atoms with Gasteiger partial charge in [-0.25, -0.2) is 0 Å². The van der Waals surface area contributed by atoms with Crippen LogP contribution in [0.3, 0.4) is 0 Å². The van der Waals surface area contributed by atoms with Gasteiger partial charge in [-0.05, 0) is 12.0 Å². The van der Waals surface area contributed by atoms with Crippen molar-refractivity contribution in [1.29, 1.82) is 0 Å². The predicted octanol–water partition coefficient (Wildman–Crippen LogP) is 2.99. The molecule has 0 N–H and O–H groups in total. The molecular weight excluding hydrogens is 208 g/mol. The highest BCUT2D eigenvalue weighted by atomic mass is 28.3. The van der Waals surface area contributed by atoms with E-state index in [9.17, 15) is 0 Å². The van der Waals surface area contributed by atoms with Crippen LogP contribution in [0.5, 0.6) is 0 Å². The zero-order chi connectivity index (χ0) is 11.2. The number of hydrogen-bond donors (Lipinski definition) is 0. The molecule has 0 saturated carbocycles. The molecule has 0 nitrogen and oxygen atoms in total. The van der Waals surface area contributed by atoms with Gasteiger partial charge in [-0.15, -0.1) is 0 Å². The molecule has 1 atom stereocenters. The van der Waals surface area contributed by atoms with Gasteiger partial charge < -0.3 is 0 Å². The number of aryl methyl sites for hydroxylation is 1. The lowest BCUT2D eigenvalue weighted by Gasteiger charge is -2.09. The molecule has 16 heavy (non-hydrogen) atoms. The monoisotopic (exact) mass is 226 g/mol. The summed E-state index contributed by atoms with van der Waals surface area (Å²) in [6.45, 7) is 2.44. The van der Waals surface area contributed by atoms with E-state index in [2.05, 4.69) is 67.2 Å². The van der Waals surface area contributed by atoms with Crippen molar-refractivity contribution in [2.75, 3.05) is 0 Å². The first-order valence-corrected chi connectivity index (χ1v) is 8.50. The van der Waals surface area contributed by atoms with Crippen molar-refractivity contribution in [2.45, 2.75) is 19.0 Å². The minimum atomic E-state index is -0.730. The molecule has 0 aliphatic rings. The SMILES string of the molecule is C[SiH](CCc1ccccc1)c1ccccc1.